The number of nitrogens with one attached hydrogen (secondary N) is 1. The van der Waals surface area contributed by atoms with Crippen molar-refractivity contribution in [3.8, 4) is 0 Å². The molecule has 0 radical (unpaired) electrons. The summed E-state index contributed by atoms with van der Waals surface area (Å²) < 4.78 is 0. The second-order valence-electron chi connectivity index (χ2n) is 5.77. The molecule has 0 aliphatic heterocycles. The predicted molar refractivity (Wildman–Crippen MR) is 87.2 cm³/mol. The number of hydrogen-bond donors (Lipinski definition) is 1. The Morgan fingerprint density at radius 2 is 1.60 bits per heavy atom. The Balaban J connectivity index is 1.92. The highest BCUT2D eigenvalue weighted by atomic mass is 14.9. The lowest BCUT2D eigenvalue weighted by Crippen LogP contribution is -2.21. The highest BCUT2D eigenvalue weighted by Gasteiger charge is 2.06. The standard InChI is InChI=1S/C19H25N/c1-14-11-15(2)13-19(12-14)17(4)20-10-9-18-8-6-5-7-16(18)3/h5-8,11-13,17,20H,9-10H2,1-4H3. The Morgan fingerprint density at radius 3 is 2.25 bits per heavy atom. The van der Waals surface area contributed by atoms with Crippen molar-refractivity contribution < 1.29 is 0 Å². The molecule has 2 aromatic carbocycles. The summed E-state index contributed by atoms with van der Waals surface area (Å²) in [6.07, 6.45) is 1.09. The molecule has 0 aliphatic carbocycles. The zero-order valence-electron chi connectivity index (χ0n) is 13.0. The smallest absolute Gasteiger partial charge is 0.0292 e. The number of benzene rings is 2. The van der Waals surface area contributed by atoms with Gasteiger partial charge >= 0.3 is 0 Å². The molecule has 0 aromatic heterocycles. The zero-order valence-corrected chi connectivity index (χ0v) is 13.0. The minimum Gasteiger partial charge on any atom is -0.310 e. The Labute approximate surface area is 123 Å². The van der Waals surface area contributed by atoms with Gasteiger partial charge in [-0.15, -0.1) is 0 Å². The van der Waals surface area contributed by atoms with Crippen molar-refractivity contribution >= 4 is 0 Å². The van der Waals surface area contributed by atoms with Crippen LogP contribution in [0.5, 0.6) is 0 Å². The molecule has 1 atom stereocenters. The van der Waals surface area contributed by atoms with Gasteiger partial charge in [-0.3, -0.25) is 0 Å². The van der Waals surface area contributed by atoms with Crippen molar-refractivity contribution in [2.75, 3.05) is 6.54 Å². The maximum absolute atomic E-state index is 3.63. The molecule has 2 aromatic rings. The van der Waals surface area contributed by atoms with Crippen LogP contribution >= 0.6 is 0 Å². The average molecular weight is 267 g/mol. The van der Waals surface area contributed by atoms with Crippen molar-refractivity contribution in [3.05, 3.63) is 70.3 Å². The van der Waals surface area contributed by atoms with Crippen molar-refractivity contribution in [2.45, 2.75) is 40.2 Å². The lowest BCUT2D eigenvalue weighted by Gasteiger charge is -2.16. The molecule has 0 heterocycles. The van der Waals surface area contributed by atoms with Gasteiger partial charge in [0.15, 0.2) is 0 Å². The van der Waals surface area contributed by atoms with Crippen LogP contribution in [0, 0.1) is 20.8 Å². The lowest BCUT2D eigenvalue weighted by molar-refractivity contribution is 0.576. The van der Waals surface area contributed by atoms with Crippen molar-refractivity contribution in [2.24, 2.45) is 0 Å². The van der Waals surface area contributed by atoms with Gasteiger partial charge < -0.3 is 5.32 Å². The molecule has 0 fully saturated rings. The third-order valence-corrected chi connectivity index (χ3v) is 3.85. The van der Waals surface area contributed by atoms with Crippen LogP contribution in [0.3, 0.4) is 0 Å². The van der Waals surface area contributed by atoms with Gasteiger partial charge in [0.25, 0.3) is 0 Å². The van der Waals surface area contributed by atoms with E-state index in [1.54, 1.807) is 0 Å². The van der Waals surface area contributed by atoms with Crippen molar-refractivity contribution in [3.63, 3.8) is 0 Å². The van der Waals surface area contributed by atoms with Gasteiger partial charge in [0.1, 0.15) is 0 Å². The first kappa shape index (κ1) is 14.8. The van der Waals surface area contributed by atoms with E-state index < -0.39 is 0 Å². The topological polar surface area (TPSA) is 12.0 Å². The fraction of sp³-hybridized carbons (Fsp3) is 0.368. The molecule has 0 aliphatic rings. The van der Waals surface area contributed by atoms with E-state index in [4.69, 9.17) is 0 Å². The summed E-state index contributed by atoms with van der Waals surface area (Å²) in [5.74, 6) is 0. The number of rotatable bonds is 5. The summed E-state index contributed by atoms with van der Waals surface area (Å²) in [7, 11) is 0. The molecule has 1 unspecified atom stereocenters. The van der Waals surface area contributed by atoms with Crippen LogP contribution in [-0.4, -0.2) is 6.54 Å². The lowest BCUT2D eigenvalue weighted by atomic mass is 10.0. The number of hydrogen-bond acceptors (Lipinski definition) is 1. The molecule has 0 spiro atoms. The highest BCUT2D eigenvalue weighted by Crippen LogP contribution is 2.16. The molecular weight excluding hydrogens is 242 g/mol. The molecule has 0 saturated carbocycles. The van der Waals surface area contributed by atoms with Gasteiger partial charge in [0.05, 0.1) is 0 Å². The quantitative estimate of drug-likeness (QED) is 0.840. The van der Waals surface area contributed by atoms with Crippen LogP contribution in [0.4, 0.5) is 0 Å². The normalized spacial score (nSPS) is 12.4. The molecule has 20 heavy (non-hydrogen) atoms. The number of aryl methyl sites for hydroxylation is 3. The highest BCUT2D eigenvalue weighted by molar-refractivity contribution is 5.30. The van der Waals surface area contributed by atoms with Crippen LogP contribution in [0.1, 0.15) is 40.8 Å². The molecule has 106 valence electrons. The first-order valence-electron chi connectivity index (χ1n) is 7.42. The zero-order chi connectivity index (χ0) is 14.5. The van der Waals surface area contributed by atoms with Crippen LogP contribution in [-0.2, 0) is 6.42 Å². The second kappa shape index (κ2) is 6.71. The average Bonchev–Trinajstić information content (AvgIpc) is 2.39. The van der Waals surface area contributed by atoms with Gasteiger partial charge in [-0.05, 0) is 57.4 Å². The van der Waals surface area contributed by atoms with E-state index in [2.05, 4.69) is 75.5 Å². The summed E-state index contributed by atoms with van der Waals surface area (Å²) >= 11 is 0. The molecule has 1 N–H and O–H groups in total. The fourth-order valence-electron chi connectivity index (χ4n) is 2.69. The van der Waals surface area contributed by atoms with E-state index in [1.165, 1.54) is 27.8 Å². The van der Waals surface area contributed by atoms with Gasteiger partial charge in [0, 0.05) is 6.04 Å². The van der Waals surface area contributed by atoms with Crippen LogP contribution < -0.4 is 5.32 Å². The van der Waals surface area contributed by atoms with Gasteiger partial charge in [-0.1, -0.05) is 53.6 Å². The summed E-state index contributed by atoms with van der Waals surface area (Å²) in [5, 5.41) is 3.63. The fourth-order valence-corrected chi connectivity index (χ4v) is 2.69. The third-order valence-electron chi connectivity index (χ3n) is 3.85. The van der Waals surface area contributed by atoms with Gasteiger partial charge in [-0.25, -0.2) is 0 Å². The minimum absolute atomic E-state index is 0.401. The molecular formula is C19H25N. The molecule has 0 saturated heterocycles. The minimum atomic E-state index is 0.401. The van der Waals surface area contributed by atoms with E-state index in [0.717, 1.165) is 13.0 Å². The largest absolute Gasteiger partial charge is 0.310 e. The predicted octanol–water partition coefficient (Wildman–Crippen LogP) is 4.51. The third kappa shape index (κ3) is 3.94. The Bertz CT molecular complexity index is 551. The van der Waals surface area contributed by atoms with E-state index in [9.17, 15) is 0 Å². The maximum Gasteiger partial charge on any atom is 0.0292 e. The van der Waals surface area contributed by atoms with Crippen LogP contribution in [0.25, 0.3) is 0 Å². The SMILES string of the molecule is Cc1cc(C)cc(C(C)NCCc2ccccc2C)c1. The van der Waals surface area contributed by atoms with E-state index in [1.807, 2.05) is 0 Å². The van der Waals surface area contributed by atoms with E-state index in [0.29, 0.717) is 6.04 Å². The molecule has 0 amide bonds. The Morgan fingerprint density at radius 1 is 0.950 bits per heavy atom. The summed E-state index contributed by atoms with van der Waals surface area (Å²) in [6, 6.07) is 15.8. The van der Waals surface area contributed by atoms with Crippen molar-refractivity contribution in [1.29, 1.82) is 0 Å². The maximum atomic E-state index is 3.63. The van der Waals surface area contributed by atoms with Crippen LogP contribution in [0.2, 0.25) is 0 Å². The summed E-state index contributed by atoms with van der Waals surface area (Å²) in [4.78, 5) is 0. The second-order valence-corrected chi connectivity index (χ2v) is 5.77. The van der Waals surface area contributed by atoms with Crippen LogP contribution in [0.15, 0.2) is 42.5 Å². The van der Waals surface area contributed by atoms with E-state index >= 15 is 0 Å². The van der Waals surface area contributed by atoms with Gasteiger partial charge in [0.2, 0.25) is 0 Å². The molecule has 0 bridgehead atoms. The monoisotopic (exact) mass is 267 g/mol. The molecule has 2 rings (SSSR count). The Hall–Kier alpha value is -1.60. The summed E-state index contributed by atoms with van der Waals surface area (Å²) in [6.45, 7) is 9.76. The van der Waals surface area contributed by atoms with Crippen molar-refractivity contribution in [1.82, 2.24) is 5.32 Å². The molecule has 1 heteroatoms. The van der Waals surface area contributed by atoms with Gasteiger partial charge in [-0.2, -0.15) is 0 Å². The molecule has 1 nitrogen and oxygen atoms in total. The first-order chi connectivity index (χ1) is 9.56. The van der Waals surface area contributed by atoms with E-state index in [-0.39, 0.29) is 0 Å². The first-order valence-corrected chi connectivity index (χ1v) is 7.42. The summed E-state index contributed by atoms with van der Waals surface area (Å²) in [5.41, 5.74) is 6.88. The Kier molecular flexibility index (Phi) is 4.97.